The predicted molar refractivity (Wildman–Crippen MR) is 151 cm³/mol. The van der Waals surface area contributed by atoms with E-state index in [4.69, 9.17) is 17.2 Å². The molecule has 5 aromatic rings. The Balaban J connectivity index is 1.92. The molecule has 0 fully saturated rings. The molecule has 0 aliphatic carbocycles. The summed E-state index contributed by atoms with van der Waals surface area (Å²) in [5.41, 5.74) is 1.03. The quantitative estimate of drug-likeness (QED) is 0.133. The van der Waals surface area contributed by atoms with Crippen molar-refractivity contribution >= 4 is 52.5 Å². The fraction of sp³-hybridized carbons (Fsp3) is 0.0345. The van der Waals surface area contributed by atoms with Gasteiger partial charge < -0.3 is 4.98 Å². The highest BCUT2D eigenvalue weighted by Gasteiger charge is 2.51. The smallest absolute Gasteiger partial charge is 0.176 e. The summed E-state index contributed by atoms with van der Waals surface area (Å²) in [6.45, 7) is 0. The fourth-order valence-electron chi connectivity index (χ4n) is 4.41. The number of nitrogens with zero attached hydrogens (tertiary/aromatic N) is 1. The molecule has 34 heavy (non-hydrogen) atoms. The van der Waals surface area contributed by atoms with Crippen molar-refractivity contribution in [1.82, 2.24) is 9.97 Å². The minimum atomic E-state index is -2.33. The minimum Gasteiger partial charge on any atom is -0.327 e. The summed E-state index contributed by atoms with van der Waals surface area (Å²) in [5, 5.41) is 5.86. The average molecular weight is 496 g/mol. The van der Waals surface area contributed by atoms with Crippen LogP contribution in [-0.4, -0.2) is 16.2 Å². The van der Waals surface area contributed by atoms with Crippen molar-refractivity contribution in [3.8, 4) is 11.4 Å². The first-order chi connectivity index (χ1) is 16.7. The summed E-state index contributed by atoms with van der Waals surface area (Å²) < 4.78 is 0.739. The first-order valence-electron chi connectivity index (χ1n) is 11.1. The lowest BCUT2D eigenvalue weighted by Crippen LogP contribution is -2.40. The second-order valence-corrected chi connectivity index (χ2v) is 12.4. The monoisotopic (exact) mass is 495 g/mol. The largest absolute Gasteiger partial charge is 0.327 e. The van der Waals surface area contributed by atoms with E-state index in [1.165, 1.54) is 15.9 Å². The van der Waals surface area contributed by atoms with Crippen LogP contribution in [0.4, 0.5) is 0 Å². The van der Waals surface area contributed by atoms with Gasteiger partial charge in [-0.1, -0.05) is 97.1 Å². The number of hydrogen-bond donors (Lipinski definition) is 1. The highest BCUT2D eigenvalue weighted by atomic mass is 32.2. The average Bonchev–Trinajstić information content (AvgIpc) is 2.92. The molecule has 166 valence electrons. The van der Waals surface area contributed by atoms with E-state index >= 15 is 0 Å². The van der Waals surface area contributed by atoms with Crippen LogP contribution in [0.5, 0.6) is 0 Å². The van der Waals surface area contributed by atoms with Gasteiger partial charge in [0.15, 0.2) is 9.95 Å². The number of nitrogens with one attached hydrogen (secondary N) is 1. The highest BCUT2D eigenvalue weighted by Crippen LogP contribution is 2.55. The first kappa shape index (κ1) is 22.7. The standard InChI is InChI=1S/C29H23N2PS2/c1-34-29-26(28(33)30-27(31-29)22-14-6-2-7-15-22)32(23-16-8-3-9-17-23,24-18-10-4-11-19-24)25-20-12-5-13-21-25/h2-21H,1H3/p+1. The van der Waals surface area contributed by atoms with Gasteiger partial charge in [-0.05, 0) is 42.7 Å². The van der Waals surface area contributed by atoms with E-state index in [-0.39, 0.29) is 0 Å². The van der Waals surface area contributed by atoms with Crippen LogP contribution in [0.25, 0.3) is 11.4 Å². The minimum absolute atomic E-state index is 0.739. The Morgan fingerprint density at radius 2 is 1.06 bits per heavy atom. The summed E-state index contributed by atoms with van der Waals surface area (Å²) in [5.74, 6) is 0.797. The van der Waals surface area contributed by atoms with Crippen molar-refractivity contribution in [2.24, 2.45) is 0 Å². The van der Waals surface area contributed by atoms with E-state index in [0.29, 0.717) is 0 Å². The zero-order chi connectivity index (χ0) is 23.4. The van der Waals surface area contributed by atoms with Crippen molar-refractivity contribution in [2.75, 3.05) is 6.26 Å². The second kappa shape index (κ2) is 10.1. The van der Waals surface area contributed by atoms with Crippen LogP contribution in [0, 0.1) is 4.64 Å². The molecular formula is C29H24N2PS2+. The Kier molecular flexibility index (Phi) is 6.73. The number of aromatic amines is 1. The number of thioether (sulfide) groups is 1. The maximum atomic E-state index is 6.16. The molecule has 1 heterocycles. The van der Waals surface area contributed by atoms with Gasteiger partial charge in [-0.3, -0.25) is 0 Å². The Hall–Kier alpha value is -3.04. The second-order valence-electron chi connectivity index (χ2n) is 7.82. The molecule has 1 N–H and O–H groups in total. The van der Waals surface area contributed by atoms with Crippen LogP contribution in [0.1, 0.15) is 0 Å². The summed E-state index contributed by atoms with van der Waals surface area (Å²) in [7, 11) is -2.33. The van der Waals surface area contributed by atoms with Crippen LogP contribution >= 0.6 is 31.2 Å². The summed E-state index contributed by atoms with van der Waals surface area (Å²) in [6, 6.07) is 42.5. The van der Waals surface area contributed by atoms with E-state index in [0.717, 1.165) is 26.4 Å². The number of aromatic nitrogens is 2. The molecule has 0 saturated heterocycles. The van der Waals surface area contributed by atoms with Crippen molar-refractivity contribution in [2.45, 2.75) is 5.03 Å². The van der Waals surface area contributed by atoms with Gasteiger partial charge in [-0.2, -0.15) is 0 Å². The molecule has 0 aliphatic rings. The van der Waals surface area contributed by atoms with Crippen LogP contribution < -0.4 is 21.2 Å². The molecule has 0 unspecified atom stereocenters. The predicted octanol–water partition coefficient (Wildman–Crippen LogP) is 6.15. The van der Waals surface area contributed by atoms with Gasteiger partial charge in [-0.25, -0.2) is 4.98 Å². The van der Waals surface area contributed by atoms with E-state index < -0.39 is 7.26 Å². The van der Waals surface area contributed by atoms with Gasteiger partial charge in [0, 0.05) is 5.56 Å². The first-order valence-corrected chi connectivity index (χ1v) is 14.5. The van der Waals surface area contributed by atoms with Gasteiger partial charge in [0.05, 0.1) is 0 Å². The summed E-state index contributed by atoms with van der Waals surface area (Å²) in [4.78, 5) is 8.63. The third-order valence-corrected chi connectivity index (χ3v) is 11.5. The Morgan fingerprint density at radius 3 is 1.47 bits per heavy atom. The van der Waals surface area contributed by atoms with Gasteiger partial charge >= 0.3 is 0 Å². The maximum Gasteiger partial charge on any atom is 0.176 e. The SMILES string of the molecule is CSc1nc(-c2ccccc2)[nH]c(=S)c1[P+](c1ccccc1)(c1ccccc1)c1ccccc1. The summed E-state index contributed by atoms with van der Waals surface area (Å²) >= 11 is 7.82. The van der Waals surface area contributed by atoms with E-state index in [9.17, 15) is 0 Å². The van der Waals surface area contributed by atoms with Crippen molar-refractivity contribution in [3.05, 3.63) is 126 Å². The third kappa shape index (κ3) is 4.03. The van der Waals surface area contributed by atoms with Crippen LogP contribution in [0.3, 0.4) is 0 Å². The zero-order valence-electron chi connectivity index (χ0n) is 18.8. The van der Waals surface area contributed by atoms with Crippen molar-refractivity contribution < 1.29 is 0 Å². The molecule has 0 aliphatic heterocycles. The zero-order valence-corrected chi connectivity index (χ0v) is 21.3. The van der Waals surface area contributed by atoms with E-state index in [2.05, 4.69) is 114 Å². The van der Waals surface area contributed by atoms with Crippen LogP contribution in [-0.2, 0) is 0 Å². The molecule has 0 saturated carbocycles. The lowest BCUT2D eigenvalue weighted by Gasteiger charge is -2.28. The number of benzene rings is 4. The molecule has 1 aromatic heterocycles. The van der Waals surface area contributed by atoms with E-state index in [1.54, 1.807) is 11.8 Å². The number of hydrogen-bond acceptors (Lipinski definition) is 3. The van der Waals surface area contributed by atoms with Gasteiger partial charge in [-0.15, -0.1) is 11.8 Å². The Morgan fingerprint density at radius 1 is 0.647 bits per heavy atom. The Bertz CT molecular complexity index is 1340. The van der Waals surface area contributed by atoms with Gasteiger partial charge in [0.1, 0.15) is 34.0 Å². The van der Waals surface area contributed by atoms with Crippen molar-refractivity contribution in [3.63, 3.8) is 0 Å². The fourth-order valence-corrected chi connectivity index (χ4v) is 10.5. The molecule has 0 bridgehead atoms. The van der Waals surface area contributed by atoms with Gasteiger partial charge in [0.25, 0.3) is 0 Å². The third-order valence-electron chi connectivity index (χ3n) is 5.87. The number of H-pyrrole nitrogens is 1. The van der Waals surface area contributed by atoms with Crippen LogP contribution in [0.2, 0.25) is 0 Å². The molecule has 5 rings (SSSR count). The molecule has 0 atom stereocenters. The maximum absolute atomic E-state index is 6.16. The Labute approximate surface area is 210 Å². The molecule has 0 spiro atoms. The lowest BCUT2D eigenvalue weighted by molar-refractivity contribution is 1.07. The highest BCUT2D eigenvalue weighted by molar-refractivity contribution is 8.04. The summed E-state index contributed by atoms with van der Waals surface area (Å²) in [6.07, 6.45) is 2.09. The molecule has 5 heteroatoms. The molecular weight excluding hydrogens is 471 g/mol. The van der Waals surface area contributed by atoms with Gasteiger partial charge in [0.2, 0.25) is 0 Å². The normalized spacial score (nSPS) is 11.3. The lowest BCUT2D eigenvalue weighted by atomic mass is 10.2. The molecule has 0 amide bonds. The van der Waals surface area contributed by atoms with Crippen molar-refractivity contribution in [1.29, 1.82) is 0 Å². The topological polar surface area (TPSA) is 28.7 Å². The van der Waals surface area contributed by atoms with Crippen LogP contribution in [0.15, 0.2) is 126 Å². The molecule has 0 radical (unpaired) electrons. The number of rotatable bonds is 6. The molecule has 2 nitrogen and oxygen atoms in total. The molecule has 4 aromatic carbocycles. The van der Waals surface area contributed by atoms with E-state index in [1.807, 2.05) is 18.2 Å².